The summed E-state index contributed by atoms with van der Waals surface area (Å²) in [6, 6.07) is 0.436. The minimum absolute atomic E-state index is 0.268. The fourth-order valence-corrected chi connectivity index (χ4v) is 3.05. The molecule has 2 fully saturated rings. The van der Waals surface area contributed by atoms with Crippen LogP contribution in [0, 0.1) is 11.8 Å². The van der Waals surface area contributed by atoms with Crippen molar-refractivity contribution in [1.29, 1.82) is 0 Å². The highest BCUT2D eigenvalue weighted by molar-refractivity contribution is 5.80. The summed E-state index contributed by atoms with van der Waals surface area (Å²) in [6.07, 6.45) is 1.89. The lowest BCUT2D eigenvalue weighted by atomic mass is 9.79. The van der Waals surface area contributed by atoms with Crippen LogP contribution in [0.15, 0.2) is 4.99 Å². The molecule has 2 aliphatic carbocycles. The van der Waals surface area contributed by atoms with Crippen LogP contribution in [0.25, 0.3) is 0 Å². The zero-order valence-corrected chi connectivity index (χ0v) is 12.0. The summed E-state index contributed by atoms with van der Waals surface area (Å²) in [7, 11) is 1.66. The highest BCUT2D eigenvalue weighted by Crippen LogP contribution is 2.41. The van der Waals surface area contributed by atoms with E-state index in [0.717, 1.165) is 19.3 Å². The smallest absolute Gasteiger partial charge is 0.356 e. The predicted molar refractivity (Wildman–Crippen MR) is 73.6 cm³/mol. The molecule has 2 aliphatic rings. The lowest BCUT2D eigenvalue weighted by Gasteiger charge is -2.34. The molecule has 20 heavy (non-hydrogen) atoms. The SMILES string of the molecule is CN=C(NCC1CCCCC1C(F)(F)F)NC1CCC1. The standard InChI is InChI=1S/C14H24F3N3/c1-18-13(20-11-6-4-7-11)19-9-10-5-2-3-8-12(10)14(15,16)17/h10-12H,2-9H2,1H3,(H2,18,19,20). The molecule has 2 N–H and O–H groups in total. The minimum atomic E-state index is -4.07. The van der Waals surface area contributed by atoms with Gasteiger partial charge >= 0.3 is 6.18 Å². The zero-order valence-electron chi connectivity index (χ0n) is 12.0. The van der Waals surface area contributed by atoms with Crippen molar-refractivity contribution in [3.05, 3.63) is 0 Å². The van der Waals surface area contributed by atoms with Crippen LogP contribution in [-0.2, 0) is 0 Å². The first-order valence-corrected chi connectivity index (χ1v) is 7.54. The Kier molecular flexibility index (Phi) is 5.16. The van der Waals surface area contributed by atoms with E-state index < -0.39 is 12.1 Å². The lowest BCUT2D eigenvalue weighted by molar-refractivity contribution is -0.195. The van der Waals surface area contributed by atoms with Crippen molar-refractivity contribution in [2.75, 3.05) is 13.6 Å². The van der Waals surface area contributed by atoms with Crippen molar-refractivity contribution < 1.29 is 13.2 Å². The highest BCUT2D eigenvalue weighted by Gasteiger charge is 2.45. The quantitative estimate of drug-likeness (QED) is 0.619. The Balaban J connectivity index is 1.83. The Labute approximate surface area is 118 Å². The van der Waals surface area contributed by atoms with Gasteiger partial charge in [-0.05, 0) is 38.0 Å². The molecule has 0 radical (unpaired) electrons. The summed E-state index contributed by atoms with van der Waals surface area (Å²) < 4.78 is 39.0. The van der Waals surface area contributed by atoms with E-state index in [2.05, 4.69) is 15.6 Å². The number of nitrogens with zero attached hydrogens (tertiary/aromatic N) is 1. The third-order valence-corrected chi connectivity index (χ3v) is 4.53. The molecule has 0 heterocycles. The maximum atomic E-state index is 13.0. The Morgan fingerprint density at radius 1 is 1.10 bits per heavy atom. The van der Waals surface area contributed by atoms with Crippen LogP contribution in [0.5, 0.6) is 0 Å². The number of rotatable bonds is 3. The summed E-state index contributed by atoms with van der Waals surface area (Å²) in [5.74, 6) is -0.851. The molecule has 0 aromatic rings. The van der Waals surface area contributed by atoms with Crippen LogP contribution >= 0.6 is 0 Å². The number of hydrogen-bond acceptors (Lipinski definition) is 1. The van der Waals surface area contributed by atoms with E-state index in [9.17, 15) is 13.2 Å². The lowest BCUT2D eigenvalue weighted by Crippen LogP contribution is -2.49. The van der Waals surface area contributed by atoms with E-state index in [1.165, 1.54) is 6.42 Å². The van der Waals surface area contributed by atoms with Gasteiger partial charge in [-0.3, -0.25) is 4.99 Å². The zero-order chi connectivity index (χ0) is 14.6. The van der Waals surface area contributed by atoms with Crippen molar-refractivity contribution in [3.63, 3.8) is 0 Å². The monoisotopic (exact) mass is 291 g/mol. The van der Waals surface area contributed by atoms with Gasteiger partial charge in [0.25, 0.3) is 0 Å². The highest BCUT2D eigenvalue weighted by atomic mass is 19.4. The molecular weight excluding hydrogens is 267 g/mol. The largest absolute Gasteiger partial charge is 0.392 e. The molecule has 0 aromatic heterocycles. The van der Waals surface area contributed by atoms with Crippen LogP contribution in [0.1, 0.15) is 44.9 Å². The van der Waals surface area contributed by atoms with Gasteiger partial charge in [-0.15, -0.1) is 0 Å². The van der Waals surface area contributed by atoms with Gasteiger partial charge in [0.1, 0.15) is 0 Å². The van der Waals surface area contributed by atoms with Gasteiger partial charge in [0, 0.05) is 19.6 Å². The van der Waals surface area contributed by atoms with Crippen molar-refractivity contribution in [2.24, 2.45) is 16.8 Å². The van der Waals surface area contributed by atoms with Gasteiger partial charge in [0.05, 0.1) is 5.92 Å². The summed E-state index contributed by atoms with van der Waals surface area (Å²) in [5, 5.41) is 6.33. The average Bonchev–Trinajstić information content (AvgIpc) is 2.36. The van der Waals surface area contributed by atoms with E-state index in [0.29, 0.717) is 31.4 Å². The van der Waals surface area contributed by atoms with E-state index in [1.54, 1.807) is 7.05 Å². The first kappa shape index (κ1) is 15.4. The molecule has 3 nitrogen and oxygen atoms in total. The third-order valence-electron chi connectivity index (χ3n) is 4.53. The van der Waals surface area contributed by atoms with Crippen LogP contribution in [0.3, 0.4) is 0 Å². The molecule has 0 bridgehead atoms. The minimum Gasteiger partial charge on any atom is -0.356 e. The van der Waals surface area contributed by atoms with Crippen molar-refractivity contribution in [2.45, 2.75) is 57.2 Å². The Hall–Kier alpha value is -0.940. The van der Waals surface area contributed by atoms with Gasteiger partial charge in [-0.25, -0.2) is 0 Å². The maximum Gasteiger partial charge on any atom is 0.392 e. The number of hydrogen-bond donors (Lipinski definition) is 2. The first-order chi connectivity index (χ1) is 9.50. The molecular formula is C14H24F3N3. The average molecular weight is 291 g/mol. The summed E-state index contributed by atoms with van der Waals surface area (Å²) in [5.41, 5.74) is 0. The third kappa shape index (κ3) is 4.03. The Morgan fingerprint density at radius 2 is 1.80 bits per heavy atom. The van der Waals surface area contributed by atoms with E-state index in [4.69, 9.17) is 0 Å². The van der Waals surface area contributed by atoms with Crippen LogP contribution in [0.2, 0.25) is 0 Å². The number of guanidine groups is 1. The van der Waals surface area contributed by atoms with E-state index in [1.807, 2.05) is 0 Å². The number of aliphatic imine (C=N–C) groups is 1. The second-order valence-electron chi connectivity index (χ2n) is 5.92. The second-order valence-corrected chi connectivity index (χ2v) is 5.92. The second kappa shape index (κ2) is 6.68. The van der Waals surface area contributed by atoms with E-state index >= 15 is 0 Å². The summed E-state index contributed by atoms with van der Waals surface area (Å²) in [4.78, 5) is 4.09. The molecule has 2 rings (SSSR count). The molecule has 0 spiro atoms. The Bertz CT molecular complexity index is 337. The summed E-state index contributed by atoms with van der Waals surface area (Å²) in [6.45, 7) is 0.358. The Morgan fingerprint density at radius 3 is 2.35 bits per heavy atom. The van der Waals surface area contributed by atoms with Gasteiger partial charge in [-0.1, -0.05) is 12.8 Å². The van der Waals surface area contributed by atoms with Crippen LogP contribution in [-0.4, -0.2) is 31.8 Å². The van der Waals surface area contributed by atoms with E-state index in [-0.39, 0.29) is 12.3 Å². The topological polar surface area (TPSA) is 36.4 Å². The van der Waals surface area contributed by atoms with Gasteiger partial charge < -0.3 is 10.6 Å². The molecule has 2 saturated carbocycles. The van der Waals surface area contributed by atoms with Crippen molar-refractivity contribution in [1.82, 2.24) is 10.6 Å². The van der Waals surface area contributed by atoms with Gasteiger partial charge in [0.2, 0.25) is 0 Å². The maximum absolute atomic E-state index is 13.0. The predicted octanol–water partition coefficient (Wildman–Crippen LogP) is 3.07. The molecule has 116 valence electrons. The van der Waals surface area contributed by atoms with Gasteiger partial charge in [0.15, 0.2) is 5.96 Å². The molecule has 2 unspecified atom stereocenters. The fraction of sp³-hybridized carbons (Fsp3) is 0.929. The van der Waals surface area contributed by atoms with Gasteiger partial charge in [-0.2, -0.15) is 13.2 Å². The molecule has 0 aromatic carbocycles. The first-order valence-electron chi connectivity index (χ1n) is 7.54. The number of halogens is 3. The molecule has 0 aliphatic heterocycles. The normalized spacial score (nSPS) is 28.9. The van der Waals surface area contributed by atoms with Crippen LogP contribution in [0.4, 0.5) is 13.2 Å². The summed E-state index contributed by atoms with van der Waals surface area (Å²) >= 11 is 0. The molecule has 2 atom stereocenters. The molecule has 6 heteroatoms. The fourth-order valence-electron chi connectivity index (χ4n) is 3.05. The van der Waals surface area contributed by atoms with Crippen LogP contribution < -0.4 is 10.6 Å². The molecule has 0 saturated heterocycles. The van der Waals surface area contributed by atoms with Crippen molar-refractivity contribution in [3.8, 4) is 0 Å². The number of nitrogens with one attached hydrogen (secondary N) is 2. The number of alkyl halides is 3. The molecule has 0 amide bonds. The van der Waals surface area contributed by atoms with Crippen molar-refractivity contribution >= 4 is 5.96 Å².